The van der Waals surface area contributed by atoms with Crippen LogP contribution < -0.4 is 5.32 Å². The van der Waals surface area contributed by atoms with E-state index in [4.69, 9.17) is 4.74 Å². The first-order valence-electron chi connectivity index (χ1n) is 9.85. The summed E-state index contributed by atoms with van der Waals surface area (Å²) in [4.78, 5) is 11.6. The van der Waals surface area contributed by atoms with Gasteiger partial charge < -0.3 is 10.1 Å². The van der Waals surface area contributed by atoms with Gasteiger partial charge in [0.25, 0.3) is 10.2 Å². The summed E-state index contributed by atoms with van der Waals surface area (Å²) in [6.07, 6.45) is 2.71. The summed E-state index contributed by atoms with van der Waals surface area (Å²) >= 11 is 0. The molecule has 26 heavy (non-hydrogen) atoms. The number of hydrogen-bond acceptors (Lipinski definition) is 4. The van der Waals surface area contributed by atoms with Gasteiger partial charge in [0, 0.05) is 32.2 Å². The first kappa shape index (κ1) is 23.2. The lowest BCUT2D eigenvalue weighted by Crippen LogP contribution is -2.53. The fourth-order valence-corrected chi connectivity index (χ4v) is 4.65. The maximum Gasteiger partial charge on any atom is 0.407 e. The van der Waals surface area contributed by atoms with Crippen LogP contribution in [-0.4, -0.2) is 61.9 Å². The van der Waals surface area contributed by atoms with Gasteiger partial charge in [-0.1, -0.05) is 27.7 Å². The molecule has 1 unspecified atom stereocenters. The second kappa shape index (κ2) is 11.1. The minimum absolute atomic E-state index is 0.199. The zero-order chi connectivity index (χ0) is 19.7. The SMILES string of the molecule is CCOC(=O)NC1CCCN(S(=O)(=O)N(CCC(C)C)CCC(C)C)C1. The van der Waals surface area contributed by atoms with Gasteiger partial charge in [-0.25, -0.2) is 4.79 Å². The third-order valence-corrected chi connectivity index (χ3v) is 6.55. The normalized spacial score (nSPS) is 19.3. The predicted molar refractivity (Wildman–Crippen MR) is 104 cm³/mol. The van der Waals surface area contributed by atoms with E-state index in [0.29, 0.717) is 44.6 Å². The number of nitrogens with one attached hydrogen (secondary N) is 1. The van der Waals surface area contributed by atoms with E-state index >= 15 is 0 Å². The van der Waals surface area contributed by atoms with Gasteiger partial charge in [0.15, 0.2) is 0 Å². The average molecular weight is 392 g/mol. The van der Waals surface area contributed by atoms with E-state index in [1.54, 1.807) is 11.2 Å². The number of amides is 1. The van der Waals surface area contributed by atoms with Gasteiger partial charge in [0.1, 0.15) is 0 Å². The van der Waals surface area contributed by atoms with Crippen LogP contribution in [-0.2, 0) is 14.9 Å². The van der Waals surface area contributed by atoms with Crippen molar-refractivity contribution < 1.29 is 17.9 Å². The van der Waals surface area contributed by atoms with Gasteiger partial charge in [0.05, 0.1) is 6.61 Å². The van der Waals surface area contributed by atoms with E-state index in [-0.39, 0.29) is 6.04 Å². The molecule has 7 nitrogen and oxygen atoms in total. The second-order valence-electron chi connectivity index (χ2n) is 7.83. The van der Waals surface area contributed by atoms with Gasteiger partial charge in [-0.3, -0.25) is 0 Å². The zero-order valence-electron chi connectivity index (χ0n) is 17.0. The molecule has 1 rings (SSSR count). The van der Waals surface area contributed by atoms with E-state index in [9.17, 15) is 13.2 Å². The van der Waals surface area contributed by atoms with Crippen LogP contribution in [0.4, 0.5) is 4.79 Å². The molecule has 1 amide bonds. The second-order valence-corrected chi connectivity index (χ2v) is 9.76. The summed E-state index contributed by atoms with van der Waals surface area (Å²) in [6, 6.07) is -0.199. The Balaban J connectivity index is 2.79. The van der Waals surface area contributed by atoms with Crippen LogP contribution in [0.15, 0.2) is 0 Å². The third-order valence-electron chi connectivity index (χ3n) is 4.55. The number of rotatable bonds is 10. The van der Waals surface area contributed by atoms with Crippen molar-refractivity contribution in [1.82, 2.24) is 13.9 Å². The highest BCUT2D eigenvalue weighted by Crippen LogP contribution is 2.19. The molecular weight excluding hydrogens is 354 g/mol. The van der Waals surface area contributed by atoms with Crippen LogP contribution in [0.3, 0.4) is 0 Å². The number of carbonyl (C=O) groups excluding carboxylic acids is 1. The maximum atomic E-state index is 13.2. The summed E-state index contributed by atoms with van der Waals surface area (Å²) in [5, 5.41) is 2.78. The molecule has 1 atom stereocenters. The highest BCUT2D eigenvalue weighted by atomic mass is 32.2. The number of ether oxygens (including phenoxy) is 1. The van der Waals surface area contributed by atoms with Crippen LogP contribution in [0, 0.1) is 11.8 Å². The van der Waals surface area contributed by atoms with Crippen molar-refractivity contribution in [1.29, 1.82) is 0 Å². The van der Waals surface area contributed by atoms with Gasteiger partial charge in [-0.05, 0) is 44.4 Å². The van der Waals surface area contributed by atoms with Crippen LogP contribution in [0.2, 0.25) is 0 Å². The molecular formula is C18H37N3O4S. The Morgan fingerprint density at radius 1 is 1.19 bits per heavy atom. The van der Waals surface area contributed by atoms with Crippen LogP contribution >= 0.6 is 0 Å². The number of nitrogens with zero attached hydrogens (tertiary/aromatic N) is 2. The molecule has 154 valence electrons. The van der Waals surface area contributed by atoms with E-state index in [1.807, 2.05) is 0 Å². The molecule has 0 aromatic heterocycles. The Hall–Kier alpha value is -0.860. The summed E-state index contributed by atoms with van der Waals surface area (Å²) < 4.78 is 34.4. The van der Waals surface area contributed by atoms with Gasteiger partial charge >= 0.3 is 6.09 Å². The standard InChI is InChI=1S/C18H37N3O4S/c1-6-25-18(22)19-17-8-7-11-21(14-17)26(23,24)20(12-9-15(2)3)13-10-16(4)5/h15-17H,6-14H2,1-5H3,(H,19,22). The molecule has 1 N–H and O–H groups in total. The highest BCUT2D eigenvalue weighted by molar-refractivity contribution is 7.86. The lowest BCUT2D eigenvalue weighted by Gasteiger charge is -2.36. The molecule has 0 bridgehead atoms. The molecule has 0 saturated carbocycles. The summed E-state index contributed by atoms with van der Waals surface area (Å²) in [7, 11) is -3.52. The van der Waals surface area contributed by atoms with Crippen molar-refractivity contribution in [3.63, 3.8) is 0 Å². The van der Waals surface area contributed by atoms with E-state index in [2.05, 4.69) is 33.0 Å². The molecule has 0 radical (unpaired) electrons. The first-order valence-corrected chi connectivity index (χ1v) is 11.2. The first-order chi connectivity index (χ1) is 12.2. The number of alkyl carbamates (subject to hydrolysis) is 1. The predicted octanol–water partition coefficient (Wildman–Crippen LogP) is 2.84. The largest absolute Gasteiger partial charge is 0.450 e. The smallest absolute Gasteiger partial charge is 0.407 e. The lowest BCUT2D eigenvalue weighted by atomic mass is 10.1. The van der Waals surface area contributed by atoms with Gasteiger partial charge in [-0.15, -0.1) is 0 Å². The molecule has 0 aliphatic carbocycles. The fourth-order valence-electron chi connectivity index (χ4n) is 2.92. The molecule has 1 fully saturated rings. The highest BCUT2D eigenvalue weighted by Gasteiger charge is 2.34. The zero-order valence-corrected chi connectivity index (χ0v) is 17.8. The number of hydrogen-bond donors (Lipinski definition) is 1. The van der Waals surface area contributed by atoms with Gasteiger partial charge in [0.2, 0.25) is 0 Å². The molecule has 1 aliphatic rings. The topological polar surface area (TPSA) is 79.0 Å². The lowest BCUT2D eigenvalue weighted by molar-refractivity contribution is 0.142. The quantitative estimate of drug-likeness (QED) is 0.621. The van der Waals surface area contributed by atoms with Crippen LogP contribution in [0.25, 0.3) is 0 Å². The van der Waals surface area contributed by atoms with Gasteiger partial charge in [-0.2, -0.15) is 17.0 Å². The van der Waals surface area contributed by atoms with Crippen LogP contribution in [0.5, 0.6) is 0 Å². The average Bonchev–Trinajstić information content (AvgIpc) is 2.54. The van der Waals surface area contributed by atoms with Crippen molar-refractivity contribution in [2.75, 3.05) is 32.8 Å². The van der Waals surface area contributed by atoms with Crippen LogP contribution in [0.1, 0.15) is 60.3 Å². The molecule has 1 saturated heterocycles. The van der Waals surface area contributed by atoms with Crippen molar-refractivity contribution in [3.05, 3.63) is 0 Å². The number of piperidine rings is 1. The van der Waals surface area contributed by atoms with Crippen molar-refractivity contribution >= 4 is 16.3 Å². The molecule has 0 spiro atoms. The van der Waals surface area contributed by atoms with Crippen molar-refractivity contribution in [2.24, 2.45) is 11.8 Å². The van der Waals surface area contributed by atoms with E-state index in [0.717, 1.165) is 25.7 Å². The number of carbonyl (C=O) groups is 1. The molecule has 1 aliphatic heterocycles. The molecule has 8 heteroatoms. The minimum Gasteiger partial charge on any atom is -0.450 e. The molecule has 1 heterocycles. The monoisotopic (exact) mass is 391 g/mol. The Kier molecular flexibility index (Phi) is 9.89. The maximum absolute atomic E-state index is 13.2. The summed E-state index contributed by atoms with van der Waals surface area (Å²) in [5.41, 5.74) is 0. The Bertz CT molecular complexity index is 511. The van der Waals surface area contributed by atoms with Crippen molar-refractivity contribution in [3.8, 4) is 0 Å². The Labute approximate surface area is 159 Å². The minimum atomic E-state index is -3.52. The third kappa shape index (κ3) is 7.80. The van der Waals surface area contributed by atoms with E-state index < -0.39 is 16.3 Å². The van der Waals surface area contributed by atoms with Crippen molar-refractivity contribution in [2.45, 2.75) is 66.3 Å². The summed E-state index contributed by atoms with van der Waals surface area (Å²) in [6.45, 7) is 12.4. The van der Waals surface area contributed by atoms with E-state index in [1.165, 1.54) is 4.31 Å². The summed E-state index contributed by atoms with van der Waals surface area (Å²) in [5.74, 6) is 0.901. The molecule has 0 aromatic rings. The fraction of sp³-hybridized carbons (Fsp3) is 0.944. The molecule has 0 aromatic carbocycles. The Morgan fingerprint density at radius 3 is 2.27 bits per heavy atom. The Morgan fingerprint density at radius 2 is 1.77 bits per heavy atom.